The van der Waals surface area contributed by atoms with Crippen molar-refractivity contribution in [1.82, 2.24) is 54.9 Å². The van der Waals surface area contributed by atoms with Crippen LogP contribution in [0.3, 0.4) is 0 Å². The molecule has 9 aromatic carbocycles. The molecule has 0 saturated heterocycles. The van der Waals surface area contributed by atoms with Crippen LogP contribution in [0.5, 0.6) is 0 Å². The molecule has 0 aliphatic rings. The number of anilines is 3. The van der Waals surface area contributed by atoms with E-state index in [4.69, 9.17) is 47.6 Å². The fourth-order valence-electron chi connectivity index (χ4n) is 11.1. The van der Waals surface area contributed by atoms with Crippen molar-refractivity contribution in [3.8, 4) is 34.2 Å². The molecule has 2 amide bonds. The van der Waals surface area contributed by atoms with Gasteiger partial charge in [-0.25, -0.2) is 24.5 Å². The van der Waals surface area contributed by atoms with Gasteiger partial charge < -0.3 is 42.2 Å². The van der Waals surface area contributed by atoms with Gasteiger partial charge >= 0.3 is 12.2 Å². The Morgan fingerprint density at radius 3 is 1.10 bits per heavy atom. The van der Waals surface area contributed by atoms with Crippen LogP contribution in [0, 0.1) is 0 Å². The number of ether oxygens (including phenoxy) is 2. The molecule has 3 atom stereocenters. The highest BCUT2D eigenvalue weighted by Crippen LogP contribution is 2.33. The molecule has 105 heavy (non-hydrogen) atoms. The summed E-state index contributed by atoms with van der Waals surface area (Å²) in [6.07, 6.45) is 2.09. The molecule has 0 spiro atoms. The van der Waals surface area contributed by atoms with Crippen LogP contribution in [0.25, 0.3) is 34.2 Å². The van der Waals surface area contributed by atoms with Crippen LogP contribution in [0.4, 0.5) is 26.7 Å². The van der Waals surface area contributed by atoms with Crippen molar-refractivity contribution in [2.75, 3.05) is 16.4 Å². The lowest BCUT2D eigenvalue weighted by Crippen LogP contribution is -2.32. The third-order valence-electron chi connectivity index (χ3n) is 16.7. The molecular weight excluding hydrogens is 1330 g/mol. The minimum Gasteiger partial charge on any atom is -0.444 e. The lowest BCUT2D eigenvalue weighted by atomic mass is 10.0. The summed E-state index contributed by atoms with van der Waals surface area (Å²) in [5.74, 6) is 4.57. The van der Waals surface area contributed by atoms with Crippen molar-refractivity contribution in [3.63, 3.8) is 0 Å². The Labute approximate surface area is 622 Å². The molecular formula is C85H98ClN15O4. The summed E-state index contributed by atoms with van der Waals surface area (Å²) in [6.45, 7) is 18.9. The van der Waals surface area contributed by atoms with E-state index in [1.807, 2.05) is 224 Å². The van der Waals surface area contributed by atoms with Gasteiger partial charge in [0, 0.05) is 74.5 Å². The monoisotopic (exact) mass is 1430 g/mol. The smallest absolute Gasteiger partial charge is 0.407 e. The highest BCUT2D eigenvalue weighted by Gasteiger charge is 2.26. The molecule has 0 radical (unpaired) electrons. The molecule has 19 nitrogen and oxygen atoms in total. The number of alkyl halides is 1. The maximum Gasteiger partial charge on any atom is 0.407 e. The summed E-state index contributed by atoms with van der Waals surface area (Å²) in [5, 5.41) is 26.4. The number of hydrogen-bond acceptors (Lipinski definition) is 14. The molecule has 544 valence electrons. The van der Waals surface area contributed by atoms with Crippen molar-refractivity contribution in [3.05, 3.63) is 304 Å². The van der Waals surface area contributed by atoms with Crippen LogP contribution in [0.1, 0.15) is 147 Å². The van der Waals surface area contributed by atoms with E-state index in [0.717, 1.165) is 104 Å². The minimum atomic E-state index is -0.526. The van der Waals surface area contributed by atoms with E-state index in [9.17, 15) is 9.59 Å². The second-order valence-corrected chi connectivity index (χ2v) is 27.6. The number of aryl methyl sites for hydroxylation is 6. The Morgan fingerprint density at radius 2 is 0.743 bits per heavy atom. The zero-order valence-corrected chi connectivity index (χ0v) is 62.9. The van der Waals surface area contributed by atoms with E-state index >= 15 is 0 Å². The molecule has 8 N–H and O–H groups in total. The van der Waals surface area contributed by atoms with Gasteiger partial charge in [0.05, 0.1) is 0 Å². The van der Waals surface area contributed by atoms with Crippen molar-refractivity contribution < 1.29 is 19.1 Å². The van der Waals surface area contributed by atoms with Crippen molar-refractivity contribution >= 4 is 40.8 Å². The number of carbonyl (C=O) groups is 2. The van der Waals surface area contributed by atoms with Gasteiger partial charge in [-0.2, -0.15) is 15.3 Å². The number of rotatable bonds is 21. The number of alkyl carbamates (subject to hydrolysis) is 2. The van der Waals surface area contributed by atoms with E-state index in [-0.39, 0.29) is 17.5 Å². The highest BCUT2D eigenvalue weighted by atomic mass is 35.5. The molecule has 0 aliphatic heterocycles. The molecule has 0 aliphatic carbocycles. The Hall–Kier alpha value is -11.4. The first-order valence-corrected chi connectivity index (χ1v) is 35.9. The number of nitrogens with zero attached hydrogens (tertiary/aromatic N) is 9. The summed E-state index contributed by atoms with van der Waals surface area (Å²) in [5.41, 5.74) is 26.2. The van der Waals surface area contributed by atoms with E-state index in [1.54, 1.807) is 16.8 Å². The van der Waals surface area contributed by atoms with E-state index in [2.05, 4.69) is 130 Å². The number of hydrogen-bond donors (Lipinski definition) is 6. The summed E-state index contributed by atoms with van der Waals surface area (Å²) in [4.78, 5) is 37.8. The van der Waals surface area contributed by atoms with Gasteiger partial charge in [0.15, 0.2) is 29.1 Å². The molecule has 3 unspecified atom stereocenters. The molecule has 0 saturated carbocycles. The van der Waals surface area contributed by atoms with Gasteiger partial charge in [0.1, 0.15) is 34.5 Å². The molecule has 0 fully saturated rings. The normalized spacial score (nSPS) is 11.9. The van der Waals surface area contributed by atoms with E-state index in [0.29, 0.717) is 37.0 Å². The lowest BCUT2D eigenvalue weighted by Gasteiger charge is -2.21. The van der Waals surface area contributed by atoms with Crippen LogP contribution in [-0.4, -0.2) is 67.7 Å². The zero-order valence-electron chi connectivity index (χ0n) is 62.2. The molecule has 3 aromatic heterocycles. The summed E-state index contributed by atoms with van der Waals surface area (Å²) >= 11 is 6.64. The number of aromatic nitrogens is 9. The largest absolute Gasteiger partial charge is 0.444 e. The zero-order chi connectivity index (χ0) is 75.0. The SMILES string of the molecule is CC(C)(C)OC(=O)NCc1ccc(N)cc1.CCc1cccc(C(Cl)c2nc(-c3ccccc3)nn2C)c1.CCc1cccc(C(Nc2ccc(CN)cc2)c2nc(-c3ccccc3)nn2C)c1.CCc1cccc(C(Nc2ccc(CNC(=O)OC(C)(C)C)cc2)c2nc(-c3ccccc3)nn2C)c1. The quantitative estimate of drug-likeness (QED) is 0.0290. The predicted molar refractivity (Wildman–Crippen MR) is 423 cm³/mol. The van der Waals surface area contributed by atoms with Crippen molar-refractivity contribution in [2.45, 2.75) is 130 Å². The molecule has 20 heteroatoms. The molecule has 12 aromatic rings. The standard InChI is InChI=1S/C30H35N5O2.C25H27N5.C18H18ClN3.C12H18N2O2/c1-6-21-11-10-14-24(19-21)26(28-33-27(34-35(28)5)23-12-8-7-9-13-23)32-25-17-15-22(16-18-25)20-31-29(36)37-30(2,3)4;1-3-18-8-7-11-21(16-18)23(27-22-14-12-19(17-26)13-15-22)25-28-24(29-30(25)2)20-9-5-4-6-10-20;1-3-13-8-7-11-15(12-13)16(19)18-20-17(21-22(18)2)14-9-5-4-6-10-14;1-12(2,3)16-11(15)14-8-9-4-6-10(13)7-5-9/h7-19,26,32H,6,20H2,1-5H3,(H,31,36);4-16,23,27H,3,17,26H2,1-2H3;4-12,16H,3H2,1-2H3;4-7H,8,13H2,1-3H3,(H,14,15). The number of nitrogens with one attached hydrogen (secondary N) is 4. The fourth-order valence-corrected chi connectivity index (χ4v) is 11.5. The van der Waals surface area contributed by atoms with Crippen LogP contribution in [0.15, 0.2) is 237 Å². The minimum absolute atomic E-state index is 0.129. The highest BCUT2D eigenvalue weighted by molar-refractivity contribution is 6.22. The number of halogens is 1. The molecule has 12 rings (SSSR count). The first kappa shape index (κ1) is 77.7. The number of amides is 2. The van der Waals surface area contributed by atoms with E-state index < -0.39 is 23.4 Å². The third kappa shape index (κ3) is 23.3. The third-order valence-corrected chi connectivity index (χ3v) is 17.1. The van der Waals surface area contributed by atoms with Gasteiger partial charge in [0.2, 0.25) is 0 Å². The van der Waals surface area contributed by atoms with Gasteiger partial charge in [-0.1, -0.05) is 221 Å². The first-order valence-electron chi connectivity index (χ1n) is 35.4. The van der Waals surface area contributed by atoms with Crippen LogP contribution >= 0.6 is 11.6 Å². The Morgan fingerprint density at radius 1 is 0.419 bits per heavy atom. The molecule has 3 heterocycles. The second-order valence-electron chi connectivity index (χ2n) is 27.2. The van der Waals surface area contributed by atoms with Gasteiger partial charge in [-0.3, -0.25) is 14.0 Å². The van der Waals surface area contributed by atoms with Crippen molar-refractivity contribution in [1.29, 1.82) is 0 Å². The van der Waals surface area contributed by atoms with Crippen molar-refractivity contribution in [2.24, 2.45) is 26.9 Å². The first-order chi connectivity index (χ1) is 50.4. The van der Waals surface area contributed by atoms with Gasteiger partial charge in [0.25, 0.3) is 0 Å². The van der Waals surface area contributed by atoms with Crippen LogP contribution < -0.4 is 32.7 Å². The second kappa shape index (κ2) is 37.2. The Bertz CT molecular complexity index is 4690. The predicted octanol–water partition coefficient (Wildman–Crippen LogP) is 17.6. The number of nitrogens with two attached hydrogens (primary N) is 2. The Kier molecular flexibility index (Phi) is 27.5. The lowest BCUT2D eigenvalue weighted by molar-refractivity contribution is 0.0512. The average molecular weight is 1430 g/mol. The maximum absolute atomic E-state index is 12.0. The average Bonchev–Trinajstić information content (AvgIpc) is 1.70. The number of nitrogen functional groups attached to an aromatic ring is 1. The summed E-state index contributed by atoms with van der Waals surface area (Å²) in [7, 11) is 5.76. The molecule has 0 bridgehead atoms. The number of carbonyl (C=O) groups excluding carboxylic acids is 2. The summed E-state index contributed by atoms with van der Waals surface area (Å²) in [6, 6.07) is 78.8. The van der Waals surface area contributed by atoms with E-state index in [1.165, 1.54) is 16.7 Å². The van der Waals surface area contributed by atoms with Gasteiger partial charge in [-0.05, 0) is 147 Å². The topological polar surface area (TPSA) is 245 Å². The Balaban J connectivity index is 0.000000169. The fraction of sp³-hybridized carbons (Fsp3) is 0.271. The van der Waals surface area contributed by atoms with Crippen LogP contribution in [-0.2, 0) is 69.5 Å². The van der Waals surface area contributed by atoms with Gasteiger partial charge in [-0.15, -0.1) is 11.6 Å². The van der Waals surface area contributed by atoms with Crippen LogP contribution in [0.2, 0.25) is 0 Å². The number of benzene rings is 9. The maximum atomic E-state index is 12.0. The summed E-state index contributed by atoms with van der Waals surface area (Å²) < 4.78 is 15.9.